The summed E-state index contributed by atoms with van der Waals surface area (Å²) >= 11 is 6.09. The normalized spacial score (nSPS) is 19.4. The third-order valence-corrected chi connectivity index (χ3v) is 3.89. The van der Waals surface area contributed by atoms with Gasteiger partial charge in [-0.05, 0) is 32.6 Å². The molecule has 4 nitrogen and oxygen atoms in total. The molecule has 1 aliphatic heterocycles. The highest BCUT2D eigenvalue weighted by atomic mass is 35.5. The van der Waals surface area contributed by atoms with Gasteiger partial charge in [-0.1, -0.05) is 0 Å². The van der Waals surface area contributed by atoms with Gasteiger partial charge in [0.1, 0.15) is 0 Å². The van der Waals surface area contributed by atoms with Gasteiger partial charge in [-0.2, -0.15) is 5.10 Å². The number of hydrogen-bond acceptors (Lipinski definition) is 2. The summed E-state index contributed by atoms with van der Waals surface area (Å²) in [6.45, 7) is 5.49. The minimum atomic E-state index is 0.0805. The van der Waals surface area contributed by atoms with Crippen LogP contribution >= 0.6 is 11.6 Å². The molecule has 1 unspecified atom stereocenters. The first-order valence-electron chi connectivity index (χ1n) is 6.03. The number of aromatic amines is 1. The van der Waals surface area contributed by atoms with Gasteiger partial charge in [0.05, 0.1) is 11.8 Å². The number of nitrogens with zero attached hydrogens (tertiary/aromatic N) is 2. The van der Waals surface area contributed by atoms with E-state index in [4.69, 9.17) is 11.6 Å². The van der Waals surface area contributed by atoms with Crippen LogP contribution in [0, 0.1) is 12.8 Å². The molecule has 1 aromatic heterocycles. The van der Waals surface area contributed by atoms with Gasteiger partial charge >= 0.3 is 0 Å². The fourth-order valence-corrected chi connectivity index (χ4v) is 2.55. The number of piperidine rings is 1. The third-order valence-electron chi connectivity index (χ3n) is 3.54. The Balaban J connectivity index is 1.98. The minimum Gasteiger partial charge on any atom is -0.339 e. The third kappa shape index (κ3) is 2.63. The predicted molar refractivity (Wildman–Crippen MR) is 67.3 cm³/mol. The Morgan fingerprint density at radius 1 is 1.59 bits per heavy atom. The van der Waals surface area contributed by atoms with Gasteiger partial charge in [0, 0.05) is 24.2 Å². The van der Waals surface area contributed by atoms with E-state index < -0.39 is 0 Å². The summed E-state index contributed by atoms with van der Waals surface area (Å²) in [7, 11) is 0. The van der Waals surface area contributed by atoms with E-state index in [2.05, 4.69) is 10.2 Å². The van der Waals surface area contributed by atoms with Crippen LogP contribution in [0.3, 0.4) is 0 Å². The number of halogens is 1. The van der Waals surface area contributed by atoms with Crippen molar-refractivity contribution in [3.8, 4) is 0 Å². The average molecular weight is 256 g/mol. The van der Waals surface area contributed by atoms with Crippen molar-refractivity contribution < 1.29 is 4.79 Å². The van der Waals surface area contributed by atoms with E-state index >= 15 is 0 Å². The SMILES string of the molecule is Cc1[nH]ncc1C(=O)N1CCC(C(C)Cl)CC1. The molecule has 17 heavy (non-hydrogen) atoms. The highest BCUT2D eigenvalue weighted by Gasteiger charge is 2.26. The topological polar surface area (TPSA) is 49.0 Å². The highest BCUT2D eigenvalue weighted by molar-refractivity contribution is 6.20. The van der Waals surface area contributed by atoms with E-state index in [1.807, 2.05) is 18.7 Å². The molecule has 1 aromatic rings. The molecule has 2 heterocycles. The van der Waals surface area contributed by atoms with Gasteiger partial charge in [-0.15, -0.1) is 11.6 Å². The average Bonchev–Trinajstić information content (AvgIpc) is 2.74. The summed E-state index contributed by atoms with van der Waals surface area (Å²) in [5, 5.41) is 6.88. The van der Waals surface area contributed by atoms with E-state index in [9.17, 15) is 4.79 Å². The van der Waals surface area contributed by atoms with Gasteiger partial charge in [0.25, 0.3) is 5.91 Å². The van der Waals surface area contributed by atoms with Gasteiger partial charge in [-0.25, -0.2) is 0 Å². The number of carbonyl (C=O) groups excluding carboxylic acids is 1. The standard InChI is InChI=1S/C12H18ClN3O/c1-8(13)10-3-5-16(6-4-10)12(17)11-7-14-15-9(11)2/h7-8,10H,3-6H2,1-2H3,(H,14,15). The molecular weight excluding hydrogens is 238 g/mol. The minimum absolute atomic E-state index is 0.0805. The molecule has 0 saturated carbocycles. The lowest BCUT2D eigenvalue weighted by Crippen LogP contribution is -2.40. The summed E-state index contributed by atoms with van der Waals surface area (Å²) in [6, 6.07) is 0. The highest BCUT2D eigenvalue weighted by Crippen LogP contribution is 2.24. The quantitative estimate of drug-likeness (QED) is 0.824. The molecule has 5 heteroatoms. The zero-order valence-electron chi connectivity index (χ0n) is 10.2. The molecule has 0 aliphatic carbocycles. The number of hydrogen-bond donors (Lipinski definition) is 1. The molecule has 0 radical (unpaired) electrons. The smallest absolute Gasteiger partial charge is 0.257 e. The van der Waals surface area contributed by atoms with E-state index in [1.54, 1.807) is 6.20 Å². The van der Waals surface area contributed by atoms with Crippen LogP contribution in [0.25, 0.3) is 0 Å². The van der Waals surface area contributed by atoms with Crippen LogP contribution in [0.1, 0.15) is 35.8 Å². The van der Waals surface area contributed by atoms with Crippen molar-refractivity contribution in [1.82, 2.24) is 15.1 Å². The maximum Gasteiger partial charge on any atom is 0.257 e. The van der Waals surface area contributed by atoms with Gasteiger partial charge in [-0.3, -0.25) is 9.89 Å². The molecule has 1 N–H and O–H groups in total. The number of carbonyl (C=O) groups is 1. The Hall–Kier alpha value is -1.03. The molecule has 0 spiro atoms. The zero-order valence-corrected chi connectivity index (χ0v) is 11.0. The van der Waals surface area contributed by atoms with Crippen LogP contribution in [-0.4, -0.2) is 39.5 Å². The second-order valence-corrected chi connectivity index (χ2v) is 5.40. The largest absolute Gasteiger partial charge is 0.339 e. The number of aryl methyl sites for hydroxylation is 1. The van der Waals surface area contributed by atoms with Crippen LogP contribution in [0.4, 0.5) is 0 Å². The number of amides is 1. The summed E-state index contributed by atoms with van der Waals surface area (Å²) < 4.78 is 0. The fourth-order valence-electron chi connectivity index (χ4n) is 2.30. The van der Waals surface area contributed by atoms with E-state index in [1.165, 1.54) is 0 Å². The zero-order chi connectivity index (χ0) is 12.4. The Kier molecular flexibility index (Phi) is 3.72. The van der Waals surface area contributed by atoms with Crippen molar-refractivity contribution in [2.75, 3.05) is 13.1 Å². The lowest BCUT2D eigenvalue weighted by molar-refractivity contribution is 0.0689. The Bertz CT molecular complexity index is 394. The molecular formula is C12H18ClN3O. The van der Waals surface area contributed by atoms with Crippen LogP contribution in [-0.2, 0) is 0 Å². The summed E-state index contributed by atoms with van der Waals surface area (Å²) in [5.41, 5.74) is 1.52. The lowest BCUT2D eigenvalue weighted by Gasteiger charge is -2.33. The molecule has 1 fully saturated rings. The molecule has 1 atom stereocenters. The van der Waals surface area contributed by atoms with Crippen molar-refractivity contribution in [1.29, 1.82) is 0 Å². The van der Waals surface area contributed by atoms with E-state index in [-0.39, 0.29) is 11.3 Å². The Labute approximate surface area is 106 Å². The molecule has 0 bridgehead atoms. The second-order valence-electron chi connectivity index (χ2n) is 4.72. The summed E-state index contributed by atoms with van der Waals surface area (Å²) in [5.74, 6) is 0.614. The summed E-state index contributed by atoms with van der Waals surface area (Å²) in [6.07, 6.45) is 3.59. The molecule has 1 amide bonds. The molecule has 2 rings (SSSR count). The van der Waals surface area contributed by atoms with Crippen molar-refractivity contribution in [2.24, 2.45) is 5.92 Å². The van der Waals surface area contributed by atoms with Crippen LogP contribution in [0.15, 0.2) is 6.20 Å². The number of alkyl halides is 1. The maximum absolute atomic E-state index is 12.2. The van der Waals surface area contributed by atoms with Crippen LogP contribution in [0.2, 0.25) is 0 Å². The number of likely N-dealkylation sites (tertiary alicyclic amines) is 1. The van der Waals surface area contributed by atoms with E-state index in [0.29, 0.717) is 11.5 Å². The first-order chi connectivity index (χ1) is 8.09. The number of H-pyrrole nitrogens is 1. The van der Waals surface area contributed by atoms with Crippen molar-refractivity contribution in [3.05, 3.63) is 17.5 Å². The lowest BCUT2D eigenvalue weighted by atomic mass is 9.93. The van der Waals surface area contributed by atoms with Gasteiger partial charge < -0.3 is 4.90 Å². The van der Waals surface area contributed by atoms with Crippen LogP contribution < -0.4 is 0 Å². The number of aromatic nitrogens is 2. The van der Waals surface area contributed by atoms with Crippen LogP contribution in [0.5, 0.6) is 0 Å². The van der Waals surface area contributed by atoms with Gasteiger partial charge in [0.2, 0.25) is 0 Å². The fraction of sp³-hybridized carbons (Fsp3) is 0.667. The Morgan fingerprint density at radius 2 is 2.24 bits per heavy atom. The van der Waals surface area contributed by atoms with Crippen molar-refractivity contribution >= 4 is 17.5 Å². The van der Waals surface area contributed by atoms with Crippen molar-refractivity contribution in [2.45, 2.75) is 32.1 Å². The molecule has 94 valence electrons. The first kappa shape index (κ1) is 12.4. The van der Waals surface area contributed by atoms with E-state index in [0.717, 1.165) is 31.6 Å². The summed E-state index contributed by atoms with van der Waals surface area (Å²) in [4.78, 5) is 14.1. The molecule has 1 aliphatic rings. The van der Waals surface area contributed by atoms with Crippen molar-refractivity contribution in [3.63, 3.8) is 0 Å². The number of nitrogens with one attached hydrogen (secondary N) is 1. The maximum atomic E-state index is 12.2. The monoisotopic (exact) mass is 255 g/mol. The predicted octanol–water partition coefficient (Wildman–Crippen LogP) is 2.20. The Morgan fingerprint density at radius 3 is 2.71 bits per heavy atom. The molecule has 0 aromatic carbocycles. The number of rotatable bonds is 2. The first-order valence-corrected chi connectivity index (χ1v) is 6.46. The van der Waals surface area contributed by atoms with Gasteiger partial charge in [0.15, 0.2) is 0 Å². The molecule has 1 saturated heterocycles. The second kappa shape index (κ2) is 5.08.